The van der Waals surface area contributed by atoms with Crippen LogP contribution in [0.5, 0.6) is 0 Å². The van der Waals surface area contributed by atoms with Crippen LogP contribution in [0.1, 0.15) is 105 Å². The molecule has 0 aromatic heterocycles. The Balaban J connectivity index is 6.40. The van der Waals surface area contributed by atoms with E-state index in [-0.39, 0.29) is 63.4 Å². The first-order chi connectivity index (χ1) is 32.8. The number of nitrogens with one attached hydrogen (secondary N) is 8. The van der Waals surface area contributed by atoms with Crippen molar-refractivity contribution in [1.29, 1.82) is 0 Å². The molecule has 0 bridgehead atoms. The number of amides is 9. The number of carbonyl (C=O) groups is 11. The van der Waals surface area contributed by atoms with Crippen molar-refractivity contribution in [2.24, 2.45) is 45.5 Å². The number of guanidine groups is 1. The number of rotatable bonds is 36. The number of hydrogen-bond donors (Lipinski definition) is 16. The van der Waals surface area contributed by atoms with Crippen LogP contribution in [-0.2, 0) is 52.7 Å². The van der Waals surface area contributed by atoms with E-state index >= 15 is 0 Å². The summed E-state index contributed by atoms with van der Waals surface area (Å²) in [5.41, 5.74) is 27.2. The third-order valence-electron chi connectivity index (χ3n) is 10.6. The lowest BCUT2D eigenvalue weighted by molar-refractivity contribution is -0.143. The normalized spacial score (nSPS) is 14.8. The molecule has 0 unspecified atom stereocenters. The molecule has 0 saturated carbocycles. The Bertz CT molecular complexity index is 1820. The number of primary amides is 1. The van der Waals surface area contributed by atoms with Crippen molar-refractivity contribution in [3.63, 3.8) is 0 Å². The first kappa shape index (κ1) is 63.3. The number of aliphatic imine (C=N–C) groups is 1. The zero-order valence-electron chi connectivity index (χ0n) is 40.5. The Morgan fingerprint density at radius 1 is 0.586 bits per heavy atom. The van der Waals surface area contributed by atoms with E-state index in [4.69, 9.17) is 28.7 Å². The average molecular weight is 1000 g/mol. The van der Waals surface area contributed by atoms with Crippen LogP contribution >= 0.6 is 0 Å². The Hall–Kier alpha value is -6.68. The largest absolute Gasteiger partial charge is 0.481 e. The smallest absolute Gasteiger partial charge is 0.326 e. The van der Waals surface area contributed by atoms with Crippen molar-refractivity contribution in [2.75, 3.05) is 26.2 Å². The third-order valence-corrected chi connectivity index (χ3v) is 10.6. The van der Waals surface area contributed by atoms with Gasteiger partial charge in [-0.05, 0) is 76.7 Å². The lowest BCUT2D eigenvalue weighted by atomic mass is 9.96. The van der Waals surface area contributed by atoms with Gasteiger partial charge in [0.25, 0.3) is 0 Å². The van der Waals surface area contributed by atoms with Crippen LogP contribution in [0.3, 0.4) is 0 Å². The van der Waals surface area contributed by atoms with Gasteiger partial charge in [0.2, 0.25) is 53.2 Å². The van der Waals surface area contributed by atoms with Crippen molar-refractivity contribution < 1.29 is 68.1 Å². The van der Waals surface area contributed by atoms with Crippen molar-refractivity contribution >= 4 is 71.1 Å². The highest BCUT2D eigenvalue weighted by Gasteiger charge is 2.35. The molecule has 70 heavy (non-hydrogen) atoms. The van der Waals surface area contributed by atoms with Crippen LogP contribution in [0.15, 0.2) is 4.99 Å². The van der Waals surface area contributed by atoms with E-state index in [0.29, 0.717) is 19.4 Å². The summed E-state index contributed by atoms with van der Waals surface area (Å²) in [6.45, 7) is 6.86. The summed E-state index contributed by atoms with van der Waals surface area (Å²) >= 11 is 0. The van der Waals surface area contributed by atoms with Gasteiger partial charge in [-0.15, -0.1) is 0 Å². The second kappa shape index (κ2) is 33.8. The zero-order valence-corrected chi connectivity index (χ0v) is 40.5. The molecular weight excluding hydrogens is 925 g/mol. The lowest BCUT2D eigenvalue weighted by Crippen LogP contribution is -2.60. The average Bonchev–Trinajstić information content (AvgIpc) is 3.28. The molecular formula is C42H76N14O14. The molecule has 9 atom stereocenters. The molecule has 0 aromatic carbocycles. The number of aliphatic hydroxyl groups is 1. The van der Waals surface area contributed by atoms with E-state index in [1.807, 2.05) is 0 Å². The van der Waals surface area contributed by atoms with Crippen LogP contribution in [0.2, 0.25) is 0 Å². The van der Waals surface area contributed by atoms with Gasteiger partial charge in [-0.3, -0.25) is 52.9 Å². The zero-order chi connectivity index (χ0) is 53.7. The maximum atomic E-state index is 14.0. The van der Waals surface area contributed by atoms with Crippen LogP contribution in [-0.4, -0.2) is 161 Å². The summed E-state index contributed by atoms with van der Waals surface area (Å²) in [7, 11) is 0. The summed E-state index contributed by atoms with van der Waals surface area (Å²) in [6.07, 6.45) is -0.475. The van der Waals surface area contributed by atoms with Gasteiger partial charge < -0.3 is 86.5 Å². The number of carboxylic acid groups (broad SMARTS) is 2. The second-order valence-corrected chi connectivity index (χ2v) is 17.1. The van der Waals surface area contributed by atoms with Crippen LogP contribution < -0.4 is 71.2 Å². The molecule has 28 heteroatoms. The van der Waals surface area contributed by atoms with Crippen molar-refractivity contribution in [1.82, 2.24) is 42.5 Å². The molecule has 398 valence electrons. The maximum absolute atomic E-state index is 14.0. The topological polar surface area (TPSA) is 487 Å². The molecule has 0 aliphatic rings. The van der Waals surface area contributed by atoms with Gasteiger partial charge in [-0.25, -0.2) is 4.79 Å². The fourth-order valence-electron chi connectivity index (χ4n) is 6.38. The quantitative estimate of drug-likeness (QED) is 0.0158. The van der Waals surface area contributed by atoms with E-state index in [1.54, 1.807) is 27.7 Å². The summed E-state index contributed by atoms with van der Waals surface area (Å²) in [4.78, 5) is 145. The van der Waals surface area contributed by atoms with E-state index in [1.165, 1.54) is 6.92 Å². The number of aliphatic hydroxyl groups excluding tert-OH is 1. The minimum Gasteiger partial charge on any atom is -0.481 e. The van der Waals surface area contributed by atoms with Gasteiger partial charge >= 0.3 is 11.9 Å². The number of nitrogens with two attached hydrogens (primary N) is 5. The lowest BCUT2D eigenvalue weighted by Gasteiger charge is -2.29. The molecule has 0 spiro atoms. The third kappa shape index (κ3) is 26.2. The summed E-state index contributed by atoms with van der Waals surface area (Å²) in [5.74, 6) is -11.8. The number of carboxylic acids is 2. The SMILES string of the molecule is CC[C@H](C)[C@H](NC(=O)[C@H](CCC(=O)O)NC(=O)CNC(=O)[C@H](CCCCN)NC(=O)[C@@H](N)CO)C(=O)N[C@@H](CCCN=C(N)N)C(=O)N[C@@H](C)C(=O)N[C@@H](CCC(N)=O)C(=O)N[C@@H](CC(C)C)C(=O)O. The van der Waals surface area contributed by atoms with Gasteiger partial charge in [0.15, 0.2) is 5.96 Å². The number of unbranched alkanes of at least 4 members (excludes halogenated alkanes) is 1. The molecule has 28 nitrogen and oxygen atoms in total. The predicted molar refractivity (Wildman–Crippen MR) is 252 cm³/mol. The van der Waals surface area contributed by atoms with Crippen LogP contribution in [0, 0.1) is 11.8 Å². The summed E-state index contributed by atoms with van der Waals surface area (Å²) < 4.78 is 0. The fraction of sp³-hybridized carbons (Fsp3) is 0.714. The monoisotopic (exact) mass is 1000 g/mol. The highest BCUT2D eigenvalue weighted by Crippen LogP contribution is 2.12. The van der Waals surface area contributed by atoms with E-state index in [0.717, 1.165) is 0 Å². The van der Waals surface area contributed by atoms with E-state index in [2.05, 4.69) is 47.5 Å². The highest BCUT2D eigenvalue weighted by atomic mass is 16.4. The molecule has 9 amide bonds. The van der Waals surface area contributed by atoms with Crippen molar-refractivity contribution in [3.8, 4) is 0 Å². The summed E-state index contributed by atoms with van der Waals surface area (Å²) in [5, 5.41) is 47.6. The van der Waals surface area contributed by atoms with E-state index < -0.39 is 145 Å². The molecule has 21 N–H and O–H groups in total. The predicted octanol–water partition coefficient (Wildman–Crippen LogP) is -5.67. The molecule has 0 fully saturated rings. The molecule has 0 rings (SSSR count). The van der Waals surface area contributed by atoms with Gasteiger partial charge in [-0.2, -0.15) is 0 Å². The Morgan fingerprint density at radius 3 is 1.64 bits per heavy atom. The minimum absolute atomic E-state index is 0.00121. The maximum Gasteiger partial charge on any atom is 0.326 e. The number of carbonyl (C=O) groups excluding carboxylic acids is 9. The second-order valence-electron chi connectivity index (χ2n) is 17.1. The van der Waals surface area contributed by atoms with E-state index in [9.17, 15) is 68.1 Å². The number of hydrogen-bond acceptors (Lipinski definition) is 15. The van der Waals surface area contributed by atoms with Gasteiger partial charge in [-0.1, -0.05) is 34.1 Å². The minimum atomic E-state index is -1.57. The van der Waals surface area contributed by atoms with Gasteiger partial charge in [0.1, 0.15) is 48.3 Å². The number of aliphatic carboxylic acids is 2. The molecule has 0 aromatic rings. The Labute approximate surface area is 406 Å². The van der Waals surface area contributed by atoms with Crippen molar-refractivity contribution in [2.45, 2.75) is 154 Å². The van der Waals surface area contributed by atoms with Gasteiger partial charge in [0.05, 0.1) is 13.2 Å². The first-order valence-corrected chi connectivity index (χ1v) is 23.0. The van der Waals surface area contributed by atoms with Crippen molar-refractivity contribution in [3.05, 3.63) is 0 Å². The molecule has 0 heterocycles. The molecule has 0 saturated heterocycles. The first-order valence-electron chi connectivity index (χ1n) is 23.0. The van der Waals surface area contributed by atoms with Crippen LogP contribution in [0.25, 0.3) is 0 Å². The Morgan fingerprint density at radius 2 is 1.10 bits per heavy atom. The Kier molecular flexibility index (Phi) is 30.5. The highest BCUT2D eigenvalue weighted by molar-refractivity contribution is 5.97. The molecule has 0 radical (unpaired) electrons. The number of nitrogens with zero attached hydrogens (tertiary/aromatic N) is 1. The van der Waals surface area contributed by atoms with Crippen LogP contribution in [0.4, 0.5) is 0 Å². The molecule has 0 aliphatic heterocycles. The standard InChI is InChI=1S/C42H76N14O14/c1-6-22(4)33(56-39(67)27(13-15-32(60)61)51-31(59)19-49-36(64)25(10-7-8-16-43)53-35(63)24(44)20-57)40(68)54-26(11-9-17-48-42(46)47)37(65)50-23(5)34(62)52-28(12-14-30(45)58)38(66)55-29(41(69)70)18-21(2)3/h21-29,33,57H,6-20,43-44H2,1-5H3,(H2,45,58)(H,49,64)(H,50,65)(H,51,59)(H,52,62)(H,53,63)(H,54,68)(H,55,66)(H,56,67)(H,60,61)(H,69,70)(H4,46,47,48)/t22-,23-,24-,25-,26-,27-,28-,29-,33-/m0/s1. The fourth-order valence-corrected chi connectivity index (χ4v) is 6.38. The summed E-state index contributed by atoms with van der Waals surface area (Å²) in [6, 6.07) is -11.1. The molecule has 0 aliphatic carbocycles. The van der Waals surface area contributed by atoms with Gasteiger partial charge in [0, 0.05) is 19.4 Å².